The van der Waals surface area contributed by atoms with E-state index >= 15 is 0 Å². The summed E-state index contributed by atoms with van der Waals surface area (Å²) in [4.78, 5) is 9.24. The van der Waals surface area contributed by atoms with Gasteiger partial charge in [-0.05, 0) is 12.6 Å². The van der Waals surface area contributed by atoms with Gasteiger partial charge in [0.05, 0.1) is 6.54 Å². The van der Waals surface area contributed by atoms with Crippen LogP contribution in [0, 0.1) is 0 Å². The molecule has 1 atom stereocenters. The predicted molar refractivity (Wildman–Crippen MR) is 55.4 cm³/mol. The Labute approximate surface area is 76.9 Å². The lowest BCUT2D eigenvalue weighted by Gasteiger charge is -1.90. The van der Waals surface area contributed by atoms with Crippen molar-refractivity contribution in [2.45, 2.75) is 32.6 Å². The van der Waals surface area contributed by atoms with Crippen LogP contribution in [0.5, 0.6) is 0 Å². The second-order valence-electron chi connectivity index (χ2n) is 2.45. The highest BCUT2D eigenvalue weighted by molar-refractivity contribution is 7.16. The molecule has 0 spiro atoms. The third-order valence-electron chi connectivity index (χ3n) is 1.23. The number of carboxylic acid groups (broad SMARTS) is 1. The van der Waals surface area contributed by atoms with Gasteiger partial charge in [0, 0.05) is 0 Å². The van der Waals surface area contributed by atoms with E-state index in [4.69, 9.17) is 5.11 Å². The Morgan fingerprint density at radius 2 is 1.92 bits per heavy atom. The molecule has 3 N–H and O–H groups in total. The highest BCUT2D eigenvalue weighted by Gasteiger charge is 1.81. The summed E-state index contributed by atoms with van der Waals surface area (Å²) in [5, 5.41) is 7.60. The molecule has 0 heterocycles. The maximum Gasteiger partial charge on any atom is 0.317 e. The first-order chi connectivity index (χ1) is 5.68. The van der Waals surface area contributed by atoms with Crippen molar-refractivity contribution in [2.75, 3.05) is 12.7 Å². The summed E-state index contributed by atoms with van der Waals surface area (Å²) in [5.74, 6) is -0.968. The largest absolute Gasteiger partial charge is 0.480 e. The smallest absolute Gasteiger partial charge is 0.317 e. The van der Waals surface area contributed by atoms with Crippen LogP contribution in [0.2, 0.25) is 0 Å². The van der Waals surface area contributed by atoms with Gasteiger partial charge in [-0.25, -0.2) is 0 Å². The van der Waals surface area contributed by atoms with Crippen LogP contribution in [0.3, 0.4) is 0 Å². The molecule has 0 aromatic carbocycles. The number of hydrogen-bond donors (Lipinski definition) is 2. The summed E-state index contributed by atoms with van der Waals surface area (Å²) >= 11 is 0. The summed E-state index contributed by atoms with van der Waals surface area (Å²) in [6.07, 6.45) is 6.84. The molecule has 0 amide bonds. The molecular formula is C8H20NO2P. The number of carboxylic acids is 1. The van der Waals surface area contributed by atoms with Gasteiger partial charge < -0.3 is 10.8 Å². The lowest BCUT2D eigenvalue weighted by Crippen LogP contribution is -2.10. The van der Waals surface area contributed by atoms with E-state index in [1.54, 1.807) is 0 Å². The van der Waals surface area contributed by atoms with Crippen molar-refractivity contribution < 1.29 is 9.90 Å². The number of rotatable bonds is 5. The summed E-state index contributed by atoms with van der Waals surface area (Å²) in [5.41, 5.74) is 4.57. The second kappa shape index (κ2) is 13.4. The van der Waals surface area contributed by atoms with Gasteiger partial charge in [0.1, 0.15) is 0 Å². The zero-order chi connectivity index (χ0) is 9.82. The van der Waals surface area contributed by atoms with E-state index in [1.165, 1.54) is 31.8 Å². The SMILES string of the molecule is CCCCCCP.NCC(=O)O. The van der Waals surface area contributed by atoms with Crippen molar-refractivity contribution in [1.29, 1.82) is 0 Å². The van der Waals surface area contributed by atoms with E-state index in [-0.39, 0.29) is 6.54 Å². The van der Waals surface area contributed by atoms with Gasteiger partial charge in [0.2, 0.25) is 0 Å². The fourth-order valence-electron chi connectivity index (χ4n) is 0.571. The van der Waals surface area contributed by atoms with E-state index in [1.807, 2.05) is 0 Å². The molecule has 3 nitrogen and oxygen atoms in total. The normalized spacial score (nSPS) is 8.58. The molecule has 0 saturated heterocycles. The van der Waals surface area contributed by atoms with Crippen molar-refractivity contribution >= 4 is 15.2 Å². The molecule has 0 bridgehead atoms. The zero-order valence-electron chi connectivity index (χ0n) is 7.75. The maximum absolute atomic E-state index is 9.24. The van der Waals surface area contributed by atoms with Crippen LogP contribution in [0.15, 0.2) is 0 Å². The topological polar surface area (TPSA) is 63.3 Å². The van der Waals surface area contributed by atoms with Crippen LogP contribution >= 0.6 is 9.24 Å². The molecule has 12 heavy (non-hydrogen) atoms. The standard InChI is InChI=1S/C6H15P.C2H5NO2/c1-2-3-4-5-6-7;3-1-2(4)5/h2-7H2,1H3;1,3H2,(H,4,5). The van der Waals surface area contributed by atoms with Crippen molar-refractivity contribution in [3.05, 3.63) is 0 Å². The van der Waals surface area contributed by atoms with Crippen LogP contribution in [0.1, 0.15) is 32.6 Å². The Bertz CT molecular complexity index is 95.1. The number of nitrogens with two attached hydrogens (primary N) is 1. The highest BCUT2D eigenvalue weighted by atomic mass is 31.0. The minimum atomic E-state index is -0.968. The van der Waals surface area contributed by atoms with Gasteiger partial charge >= 0.3 is 5.97 Å². The maximum atomic E-state index is 9.24. The lowest BCUT2D eigenvalue weighted by molar-refractivity contribution is -0.135. The first kappa shape index (κ1) is 14.4. The quantitative estimate of drug-likeness (QED) is 0.513. The van der Waals surface area contributed by atoms with Gasteiger partial charge in [-0.1, -0.05) is 26.2 Å². The number of unbranched alkanes of at least 4 members (excludes halogenated alkanes) is 3. The molecule has 0 aliphatic heterocycles. The summed E-state index contributed by atoms with van der Waals surface area (Å²) < 4.78 is 0. The van der Waals surface area contributed by atoms with E-state index in [2.05, 4.69) is 21.9 Å². The molecular weight excluding hydrogens is 173 g/mol. The van der Waals surface area contributed by atoms with Gasteiger partial charge in [0.15, 0.2) is 0 Å². The molecule has 0 aromatic heterocycles. The van der Waals surface area contributed by atoms with E-state index in [0.717, 1.165) is 0 Å². The minimum absolute atomic E-state index is 0.278. The molecule has 74 valence electrons. The molecule has 0 rings (SSSR count). The van der Waals surface area contributed by atoms with Crippen molar-refractivity contribution in [3.63, 3.8) is 0 Å². The average molecular weight is 193 g/mol. The summed E-state index contributed by atoms with van der Waals surface area (Å²) in [6, 6.07) is 0. The lowest BCUT2D eigenvalue weighted by atomic mass is 10.2. The van der Waals surface area contributed by atoms with Crippen LogP contribution < -0.4 is 5.73 Å². The van der Waals surface area contributed by atoms with Crippen LogP contribution in [0.4, 0.5) is 0 Å². The number of hydrogen-bond acceptors (Lipinski definition) is 2. The summed E-state index contributed by atoms with van der Waals surface area (Å²) in [7, 11) is 2.75. The van der Waals surface area contributed by atoms with E-state index in [0.29, 0.717) is 0 Å². The molecule has 0 saturated carbocycles. The molecule has 0 aliphatic rings. The van der Waals surface area contributed by atoms with Crippen LogP contribution in [-0.2, 0) is 4.79 Å². The Balaban J connectivity index is 0. The monoisotopic (exact) mass is 193 g/mol. The Morgan fingerprint density at radius 3 is 2.17 bits per heavy atom. The molecule has 0 aliphatic carbocycles. The van der Waals surface area contributed by atoms with E-state index in [9.17, 15) is 4.79 Å². The van der Waals surface area contributed by atoms with Gasteiger partial charge in [-0.3, -0.25) is 4.79 Å². The third kappa shape index (κ3) is 22.5. The fourth-order valence-corrected chi connectivity index (χ4v) is 0.860. The molecule has 0 aromatic rings. The third-order valence-corrected chi connectivity index (χ3v) is 1.64. The van der Waals surface area contributed by atoms with Crippen molar-refractivity contribution in [2.24, 2.45) is 5.73 Å². The highest BCUT2D eigenvalue weighted by Crippen LogP contribution is 2.00. The second-order valence-corrected chi connectivity index (χ2v) is 3.02. The average Bonchev–Trinajstić information content (AvgIpc) is 2.07. The Morgan fingerprint density at radius 1 is 1.42 bits per heavy atom. The van der Waals surface area contributed by atoms with Crippen LogP contribution in [-0.4, -0.2) is 23.8 Å². The molecule has 1 unspecified atom stereocenters. The molecule has 0 radical (unpaired) electrons. The number of carbonyl (C=O) groups is 1. The van der Waals surface area contributed by atoms with E-state index < -0.39 is 5.97 Å². The number of aliphatic carboxylic acids is 1. The Hall–Kier alpha value is -0.140. The first-order valence-electron chi connectivity index (χ1n) is 4.30. The predicted octanol–water partition coefficient (Wildman–Crippen LogP) is 1.47. The van der Waals surface area contributed by atoms with Crippen molar-refractivity contribution in [3.8, 4) is 0 Å². The minimum Gasteiger partial charge on any atom is -0.480 e. The van der Waals surface area contributed by atoms with Crippen molar-refractivity contribution in [1.82, 2.24) is 0 Å². The van der Waals surface area contributed by atoms with Gasteiger partial charge in [-0.15, -0.1) is 9.24 Å². The van der Waals surface area contributed by atoms with Gasteiger partial charge in [0.25, 0.3) is 0 Å². The summed E-state index contributed by atoms with van der Waals surface area (Å²) in [6.45, 7) is 1.96. The molecule has 0 fully saturated rings. The fraction of sp³-hybridized carbons (Fsp3) is 0.875. The first-order valence-corrected chi connectivity index (χ1v) is 5.12. The van der Waals surface area contributed by atoms with Crippen LogP contribution in [0.25, 0.3) is 0 Å². The zero-order valence-corrected chi connectivity index (χ0v) is 8.91. The molecule has 4 heteroatoms. The Kier molecular flexibility index (Phi) is 16.1. The van der Waals surface area contributed by atoms with Gasteiger partial charge in [-0.2, -0.15) is 0 Å².